The van der Waals surface area contributed by atoms with E-state index in [1.54, 1.807) is 0 Å². The number of hydrogen-bond donors (Lipinski definition) is 2. The minimum atomic E-state index is -0.837. The molecule has 0 radical (unpaired) electrons. The second-order valence-corrected chi connectivity index (χ2v) is 12.1. The lowest BCUT2D eigenvalue weighted by molar-refractivity contribution is -0.141. The molecule has 4 aromatic carbocycles. The van der Waals surface area contributed by atoms with E-state index < -0.39 is 24.4 Å². The maximum absolute atomic E-state index is 13.0. The summed E-state index contributed by atoms with van der Waals surface area (Å²) in [5.41, 5.74) is 2.89. The number of nitrogens with zero attached hydrogens (tertiary/aromatic N) is 4. The molecule has 2 heterocycles. The third-order valence-corrected chi connectivity index (χ3v) is 8.06. The van der Waals surface area contributed by atoms with Crippen LogP contribution in [0.15, 0.2) is 109 Å². The van der Waals surface area contributed by atoms with Crippen molar-refractivity contribution in [2.24, 2.45) is 0 Å². The van der Waals surface area contributed by atoms with Crippen LogP contribution in [0.3, 0.4) is 0 Å². The number of β-amino-alcohol motifs (C(OH)–C–C–N with tert-alkyl or cyclic N) is 2. The molecule has 2 saturated heterocycles. The normalized spacial score (nSPS) is 16.6. The van der Waals surface area contributed by atoms with Gasteiger partial charge in [-0.2, -0.15) is 0 Å². The smallest absolute Gasteiger partial charge is 0.429 e. The first-order valence-corrected chi connectivity index (χ1v) is 16.5. The second kappa shape index (κ2) is 17.9. The zero-order chi connectivity index (χ0) is 37.0. The van der Waals surface area contributed by atoms with Gasteiger partial charge in [-0.25, -0.2) is 38.4 Å². The second-order valence-electron chi connectivity index (χ2n) is 12.1. The van der Waals surface area contributed by atoms with Gasteiger partial charge in [-0.05, 0) is 46.5 Å². The summed E-state index contributed by atoms with van der Waals surface area (Å²) in [5, 5.41) is 24.3. The Morgan fingerprint density at radius 1 is 0.500 bits per heavy atom. The van der Waals surface area contributed by atoms with E-state index in [1.807, 2.05) is 60.7 Å². The molecule has 52 heavy (non-hydrogen) atoms. The lowest BCUT2D eigenvalue weighted by Crippen LogP contribution is -2.45. The van der Waals surface area contributed by atoms with Crippen molar-refractivity contribution >= 4 is 24.0 Å². The van der Waals surface area contributed by atoms with E-state index in [2.05, 4.69) is 0 Å². The standard InChI is InChI=1S/2C19H19FN2O4/c2*20-16-8-6-14(7-9-16)10-18(24)21-11-17(23)12-22(21)19(25)26-13-15-4-2-1-3-5-15/h2*1-9,17,23H,10-13H2. The number of carbonyl (C=O) groups is 4. The van der Waals surface area contributed by atoms with Crippen LogP contribution in [0.5, 0.6) is 0 Å². The number of halogens is 2. The minimum Gasteiger partial charge on any atom is -0.443 e. The van der Waals surface area contributed by atoms with Crippen LogP contribution < -0.4 is 0 Å². The van der Waals surface area contributed by atoms with E-state index in [9.17, 15) is 38.2 Å². The summed E-state index contributed by atoms with van der Waals surface area (Å²) >= 11 is 0. The molecule has 6 rings (SSSR count). The quantitative estimate of drug-likeness (QED) is 0.276. The average molecular weight is 717 g/mol. The Labute approximate surface area is 298 Å². The van der Waals surface area contributed by atoms with Gasteiger partial charge in [-0.3, -0.25) is 9.59 Å². The third kappa shape index (κ3) is 10.6. The number of aliphatic hydroxyl groups excluding tert-OH is 2. The van der Waals surface area contributed by atoms with E-state index >= 15 is 0 Å². The highest BCUT2D eigenvalue weighted by molar-refractivity contribution is 5.82. The molecule has 272 valence electrons. The highest BCUT2D eigenvalue weighted by Gasteiger charge is 2.38. The Morgan fingerprint density at radius 2 is 0.827 bits per heavy atom. The SMILES string of the molecule is O=C(Cc1ccc(F)cc1)N1CC(O)CN1C(=O)OCc1ccccc1.O=C(Cc1ccc(F)cc1)N1CC(O)CN1C(=O)OCc1ccccc1. The Hall–Kier alpha value is -5.86. The van der Waals surface area contributed by atoms with Gasteiger partial charge in [-0.1, -0.05) is 84.9 Å². The summed E-state index contributed by atoms with van der Waals surface area (Å²) < 4.78 is 36.4. The summed E-state index contributed by atoms with van der Waals surface area (Å²) in [4.78, 5) is 49.7. The molecule has 2 unspecified atom stereocenters. The fourth-order valence-electron chi connectivity index (χ4n) is 5.45. The highest BCUT2D eigenvalue weighted by atomic mass is 19.1. The Kier molecular flexibility index (Phi) is 12.9. The summed E-state index contributed by atoms with van der Waals surface area (Å²) in [6, 6.07) is 29.5. The van der Waals surface area contributed by atoms with Gasteiger partial charge in [0.1, 0.15) is 24.8 Å². The van der Waals surface area contributed by atoms with Crippen LogP contribution in [0.25, 0.3) is 0 Å². The molecule has 0 bridgehead atoms. The molecule has 2 aliphatic heterocycles. The molecule has 0 saturated carbocycles. The van der Waals surface area contributed by atoms with E-state index in [0.717, 1.165) is 21.1 Å². The molecule has 0 aliphatic carbocycles. The first-order chi connectivity index (χ1) is 25.0. The fourth-order valence-corrected chi connectivity index (χ4v) is 5.45. The van der Waals surface area contributed by atoms with E-state index in [4.69, 9.17) is 9.47 Å². The van der Waals surface area contributed by atoms with Gasteiger partial charge in [0.05, 0.1) is 51.2 Å². The lowest BCUT2D eigenvalue weighted by Gasteiger charge is -2.26. The molecule has 2 fully saturated rings. The number of hydrogen-bond acceptors (Lipinski definition) is 8. The molecule has 4 amide bonds. The topological polar surface area (TPSA) is 140 Å². The molecule has 0 spiro atoms. The first kappa shape index (κ1) is 37.4. The number of carbonyl (C=O) groups excluding carboxylic acids is 4. The molecule has 12 nitrogen and oxygen atoms in total. The van der Waals surface area contributed by atoms with E-state index in [1.165, 1.54) is 58.5 Å². The Morgan fingerprint density at radius 3 is 1.17 bits per heavy atom. The molecular weight excluding hydrogens is 678 g/mol. The number of hydrazine groups is 2. The minimum absolute atomic E-state index is 0.00450. The van der Waals surface area contributed by atoms with Crippen molar-refractivity contribution in [2.75, 3.05) is 26.2 Å². The molecule has 2 aliphatic rings. The first-order valence-electron chi connectivity index (χ1n) is 16.5. The summed E-state index contributed by atoms with van der Waals surface area (Å²) in [5.74, 6) is -1.51. The van der Waals surface area contributed by atoms with Gasteiger partial charge >= 0.3 is 12.2 Å². The average Bonchev–Trinajstić information content (AvgIpc) is 3.75. The van der Waals surface area contributed by atoms with Crippen molar-refractivity contribution in [3.8, 4) is 0 Å². The van der Waals surface area contributed by atoms with Crippen LogP contribution in [0.1, 0.15) is 22.3 Å². The van der Waals surface area contributed by atoms with Crippen molar-refractivity contribution in [3.05, 3.63) is 143 Å². The molecule has 14 heteroatoms. The van der Waals surface area contributed by atoms with Crippen LogP contribution in [0.2, 0.25) is 0 Å². The van der Waals surface area contributed by atoms with Gasteiger partial charge < -0.3 is 19.7 Å². The maximum atomic E-state index is 13.0. The molecule has 0 aromatic heterocycles. The van der Waals surface area contributed by atoms with Gasteiger partial charge in [-0.15, -0.1) is 0 Å². The van der Waals surface area contributed by atoms with Crippen molar-refractivity contribution in [3.63, 3.8) is 0 Å². The van der Waals surface area contributed by atoms with Crippen molar-refractivity contribution < 1.29 is 47.6 Å². The van der Waals surface area contributed by atoms with Crippen molar-refractivity contribution in [2.45, 2.75) is 38.3 Å². The number of ether oxygens (including phenoxy) is 2. The Balaban J connectivity index is 0.000000201. The van der Waals surface area contributed by atoms with E-state index in [0.29, 0.717) is 11.1 Å². The fraction of sp³-hybridized carbons (Fsp3) is 0.263. The predicted octanol–water partition coefficient (Wildman–Crippen LogP) is 4.25. The molecule has 2 N–H and O–H groups in total. The van der Waals surface area contributed by atoms with Crippen LogP contribution in [-0.4, -0.2) is 92.6 Å². The van der Waals surface area contributed by atoms with Crippen molar-refractivity contribution in [1.82, 2.24) is 20.0 Å². The van der Waals surface area contributed by atoms with Gasteiger partial charge in [0.25, 0.3) is 0 Å². The zero-order valence-electron chi connectivity index (χ0n) is 28.1. The van der Waals surface area contributed by atoms with Crippen LogP contribution in [-0.2, 0) is 45.1 Å². The van der Waals surface area contributed by atoms with E-state index in [-0.39, 0.29) is 75.7 Å². The third-order valence-electron chi connectivity index (χ3n) is 8.06. The highest BCUT2D eigenvalue weighted by Crippen LogP contribution is 2.18. The van der Waals surface area contributed by atoms with Crippen LogP contribution >= 0.6 is 0 Å². The number of rotatable bonds is 8. The molecular formula is C38H38F2N4O8. The summed E-state index contributed by atoms with van der Waals surface area (Å²) in [7, 11) is 0. The Bertz CT molecular complexity index is 1670. The van der Waals surface area contributed by atoms with Gasteiger partial charge in [0, 0.05) is 0 Å². The van der Waals surface area contributed by atoms with Gasteiger partial charge in [0.15, 0.2) is 0 Å². The predicted molar refractivity (Wildman–Crippen MR) is 182 cm³/mol. The molecule has 2 atom stereocenters. The monoisotopic (exact) mass is 716 g/mol. The largest absolute Gasteiger partial charge is 0.443 e. The number of aliphatic hydroxyl groups is 2. The summed E-state index contributed by atoms with van der Waals surface area (Å²) in [6.45, 7) is 0.158. The van der Waals surface area contributed by atoms with Crippen LogP contribution in [0.4, 0.5) is 18.4 Å². The van der Waals surface area contributed by atoms with Crippen LogP contribution in [0, 0.1) is 11.6 Å². The lowest BCUT2D eigenvalue weighted by atomic mass is 10.1. The number of amides is 4. The summed E-state index contributed by atoms with van der Waals surface area (Å²) in [6.07, 6.45) is -3.08. The molecule has 4 aromatic rings. The van der Waals surface area contributed by atoms with Gasteiger partial charge in [0.2, 0.25) is 11.8 Å². The zero-order valence-corrected chi connectivity index (χ0v) is 28.1. The van der Waals surface area contributed by atoms with Crippen molar-refractivity contribution in [1.29, 1.82) is 0 Å². The number of benzene rings is 4. The maximum Gasteiger partial charge on any atom is 0.429 e.